The molecule has 8 nitrogen and oxygen atoms in total. The number of carbonyl (C=O) groups is 2. The average Bonchev–Trinajstić information content (AvgIpc) is 2.87. The molecule has 0 aliphatic carbocycles. The van der Waals surface area contributed by atoms with Crippen LogP contribution < -0.4 is 11.1 Å². The summed E-state index contributed by atoms with van der Waals surface area (Å²) < 4.78 is 38.4. The molecule has 1 atom stereocenters. The van der Waals surface area contributed by atoms with E-state index in [1.807, 2.05) is 0 Å². The second-order valence-electron chi connectivity index (χ2n) is 4.28. The van der Waals surface area contributed by atoms with Crippen molar-refractivity contribution in [3.05, 3.63) is 18.1 Å². The number of aliphatic carboxylic acids is 1. The summed E-state index contributed by atoms with van der Waals surface area (Å²) in [7, 11) is -4.91. The molecule has 0 fully saturated rings. The van der Waals surface area contributed by atoms with Gasteiger partial charge in [-0.15, -0.1) is 3.89 Å². The van der Waals surface area contributed by atoms with Gasteiger partial charge in [0, 0.05) is 12.6 Å². The largest absolute Gasteiger partial charge is 0.480 e. The Morgan fingerprint density at radius 1 is 1.43 bits per heavy atom. The van der Waals surface area contributed by atoms with Gasteiger partial charge in [-0.2, -0.15) is 8.42 Å². The van der Waals surface area contributed by atoms with Gasteiger partial charge >= 0.3 is 16.2 Å². The summed E-state index contributed by atoms with van der Waals surface area (Å²) in [6, 6.07) is -0.159. The number of halogens is 1. The van der Waals surface area contributed by atoms with Crippen molar-refractivity contribution in [1.82, 2.24) is 5.32 Å². The van der Waals surface area contributed by atoms with Crippen LogP contribution in [0.1, 0.15) is 29.8 Å². The maximum atomic E-state index is 12.6. The van der Waals surface area contributed by atoms with Crippen LogP contribution in [-0.2, 0) is 15.0 Å². The summed E-state index contributed by atoms with van der Waals surface area (Å²) in [5, 5.41) is 11.0. The first-order valence-electron chi connectivity index (χ1n) is 6.01. The summed E-state index contributed by atoms with van der Waals surface area (Å²) in [6.45, 7) is 0.226. The molecule has 1 aromatic heterocycles. The number of nitrogens with one attached hydrogen (secondary N) is 1. The monoisotopic (exact) mass is 322 g/mol. The van der Waals surface area contributed by atoms with Crippen LogP contribution in [0.5, 0.6) is 0 Å². The molecule has 0 saturated carbocycles. The zero-order chi connectivity index (χ0) is 16.0. The molecular weight excluding hydrogens is 307 g/mol. The van der Waals surface area contributed by atoms with Gasteiger partial charge in [0.25, 0.3) is 5.91 Å². The van der Waals surface area contributed by atoms with Gasteiger partial charge in [-0.1, -0.05) is 0 Å². The number of hydrogen-bond donors (Lipinski definition) is 3. The van der Waals surface area contributed by atoms with E-state index >= 15 is 0 Å². The zero-order valence-electron chi connectivity index (χ0n) is 10.9. The third-order valence-electron chi connectivity index (χ3n) is 2.63. The molecule has 0 aromatic carbocycles. The molecule has 0 bridgehead atoms. The van der Waals surface area contributed by atoms with Crippen LogP contribution in [0, 0.1) is 0 Å². The molecule has 1 unspecified atom stereocenters. The van der Waals surface area contributed by atoms with Gasteiger partial charge < -0.3 is 20.6 Å². The van der Waals surface area contributed by atoms with E-state index in [0.717, 1.165) is 6.07 Å². The van der Waals surface area contributed by atoms with E-state index in [2.05, 4.69) is 9.73 Å². The molecule has 0 aliphatic rings. The van der Waals surface area contributed by atoms with Crippen molar-refractivity contribution in [2.45, 2.75) is 30.2 Å². The fourth-order valence-corrected chi connectivity index (χ4v) is 1.88. The Hall–Kier alpha value is -1.94. The quantitative estimate of drug-likeness (QED) is 0.460. The Labute approximate surface area is 120 Å². The fourth-order valence-electron chi connectivity index (χ4n) is 1.47. The van der Waals surface area contributed by atoms with E-state index in [-0.39, 0.29) is 18.7 Å². The molecule has 0 spiro atoms. The molecule has 1 aromatic rings. The fraction of sp³-hybridized carbons (Fsp3) is 0.455. The number of carboxylic acids is 1. The third kappa shape index (κ3) is 5.52. The first-order chi connectivity index (χ1) is 9.71. The SMILES string of the molecule is NC(CCCCNC(=O)c1cc(S(=O)(=O)F)co1)C(=O)O. The summed E-state index contributed by atoms with van der Waals surface area (Å²) >= 11 is 0. The number of unbranched alkanes of at least 4 members (excludes halogenated alkanes) is 1. The molecule has 1 heterocycles. The molecule has 21 heavy (non-hydrogen) atoms. The van der Waals surface area contributed by atoms with Gasteiger partial charge in [0.15, 0.2) is 5.76 Å². The molecule has 0 saturated heterocycles. The van der Waals surface area contributed by atoms with E-state index in [9.17, 15) is 21.9 Å². The maximum absolute atomic E-state index is 12.6. The minimum atomic E-state index is -4.91. The number of hydrogen-bond acceptors (Lipinski definition) is 6. The van der Waals surface area contributed by atoms with Crippen molar-refractivity contribution in [1.29, 1.82) is 0 Å². The molecule has 10 heteroatoms. The van der Waals surface area contributed by atoms with Gasteiger partial charge in [-0.25, -0.2) is 0 Å². The molecule has 118 valence electrons. The van der Waals surface area contributed by atoms with Crippen LogP contribution in [-0.4, -0.2) is 38.0 Å². The topological polar surface area (TPSA) is 140 Å². The normalized spacial score (nSPS) is 12.9. The lowest BCUT2D eigenvalue weighted by atomic mass is 10.1. The van der Waals surface area contributed by atoms with Crippen LogP contribution in [0.4, 0.5) is 3.89 Å². The van der Waals surface area contributed by atoms with Crippen molar-refractivity contribution < 1.29 is 31.4 Å². The predicted molar refractivity (Wildman–Crippen MR) is 68.8 cm³/mol. The highest BCUT2D eigenvalue weighted by Gasteiger charge is 2.19. The van der Waals surface area contributed by atoms with E-state index < -0.39 is 33.0 Å². The summed E-state index contributed by atoms with van der Waals surface area (Å²) in [5.41, 5.74) is 5.30. The van der Waals surface area contributed by atoms with Crippen molar-refractivity contribution in [3.63, 3.8) is 0 Å². The van der Waals surface area contributed by atoms with Crippen molar-refractivity contribution >= 4 is 22.1 Å². The highest BCUT2D eigenvalue weighted by Crippen LogP contribution is 2.15. The zero-order valence-corrected chi connectivity index (χ0v) is 11.7. The second-order valence-corrected chi connectivity index (χ2v) is 5.63. The molecule has 0 aliphatic heterocycles. The summed E-state index contributed by atoms with van der Waals surface area (Å²) in [5.74, 6) is -2.10. The summed E-state index contributed by atoms with van der Waals surface area (Å²) in [6.07, 6.45) is 1.89. The van der Waals surface area contributed by atoms with Crippen molar-refractivity contribution in [3.8, 4) is 0 Å². The average molecular weight is 322 g/mol. The predicted octanol–water partition coefficient (Wildman–Crippen LogP) is 0.250. The third-order valence-corrected chi connectivity index (χ3v) is 3.40. The Bertz CT molecular complexity index is 612. The first-order valence-corrected chi connectivity index (χ1v) is 7.40. The van der Waals surface area contributed by atoms with E-state index in [1.54, 1.807) is 0 Å². The van der Waals surface area contributed by atoms with Gasteiger partial charge in [0.05, 0.1) is 0 Å². The van der Waals surface area contributed by atoms with Gasteiger partial charge in [0.1, 0.15) is 17.2 Å². The number of furan rings is 1. The van der Waals surface area contributed by atoms with Crippen LogP contribution >= 0.6 is 0 Å². The highest BCUT2D eigenvalue weighted by atomic mass is 32.3. The Balaban J connectivity index is 2.35. The van der Waals surface area contributed by atoms with Crippen LogP contribution in [0.25, 0.3) is 0 Å². The van der Waals surface area contributed by atoms with Gasteiger partial charge in [0.2, 0.25) is 0 Å². The smallest absolute Gasteiger partial charge is 0.335 e. The number of rotatable bonds is 8. The lowest BCUT2D eigenvalue weighted by Crippen LogP contribution is -2.30. The maximum Gasteiger partial charge on any atom is 0.335 e. The van der Waals surface area contributed by atoms with Crippen LogP contribution in [0.15, 0.2) is 21.6 Å². The van der Waals surface area contributed by atoms with Crippen molar-refractivity contribution in [2.24, 2.45) is 5.73 Å². The van der Waals surface area contributed by atoms with Crippen LogP contribution in [0.2, 0.25) is 0 Å². The molecular formula is C11H15FN2O6S. The Morgan fingerprint density at radius 2 is 2.10 bits per heavy atom. The highest BCUT2D eigenvalue weighted by molar-refractivity contribution is 7.86. The van der Waals surface area contributed by atoms with E-state index in [4.69, 9.17) is 10.8 Å². The minimum Gasteiger partial charge on any atom is -0.480 e. The lowest BCUT2D eigenvalue weighted by Gasteiger charge is -2.06. The molecule has 1 rings (SSSR count). The molecule has 1 amide bonds. The number of carbonyl (C=O) groups excluding carboxylic acids is 1. The van der Waals surface area contributed by atoms with Gasteiger partial charge in [-0.3, -0.25) is 9.59 Å². The second kappa shape index (κ2) is 7.18. The van der Waals surface area contributed by atoms with E-state index in [0.29, 0.717) is 19.1 Å². The van der Waals surface area contributed by atoms with Crippen molar-refractivity contribution in [2.75, 3.05) is 6.54 Å². The Morgan fingerprint density at radius 3 is 2.62 bits per heavy atom. The summed E-state index contributed by atoms with van der Waals surface area (Å²) in [4.78, 5) is 21.3. The standard InChI is InChI=1S/C11H15FN2O6S/c12-21(18,19)7-5-9(20-6-7)10(15)14-4-2-1-3-8(13)11(16)17/h5-6,8H,1-4,13H2,(H,14,15)(H,16,17). The number of carboxylic acid groups (broad SMARTS) is 1. The lowest BCUT2D eigenvalue weighted by molar-refractivity contribution is -0.138. The number of amides is 1. The number of nitrogens with two attached hydrogens (primary N) is 1. The van der Waals surface area contributed by atoms with Crippen LogP contribution in [0.3, 0.4) is 0 Å². The minimum absolute atomic E-state index is 0.226. The van der Waals surface area contributed by atoms with E-state index in [1.165, 1.54) is 0 Å². The first kappa shape index (κ1) is 17.1. The Kier molecular flexibility index (Phi) is 5.85. The molecule has 0 radical (unpaired) electrons. The molecule has 4 N–H and O–H groups in total. The van der Waals surface area contributed by atoms with Gasteiger partial charge in [-0.05, 0) is 19.3 Å².